The van der Waals surface area contributed by atoms with Crippen molar-refractivity contribution >= 4 is 17.0 Å². The first-order chi connectivity index (χ1) is 9.02. The molecule has 0 radical (unpaired) electrons. The number of carbonyl (C=O) groups excluding carboxylic acids is 1. The summed E-state index contributed by atoms with van der Waals surface area (Å²) in [7, 11) is 0. The Morgan fingerprint density at radius 2 is 2.26 bits per heavy atom. The number of aliphatic hydroxyl groups excluding tert-OH is 1. The van der Waals surface area contributed by atoms with Crippen molar-refractivity contribution in [2.24, 2.45) is 5.92 Å². The zero-order valence-corrected chi connectivity index (χ0v) is 11.2. The van der Waals surface area contributed by atoms with Gasteiger partial charge in [0.15, 0.2) is 0 Å². The van der Waals surface area contributed by atoms with Crippen molar-refractivity contribution in [2.75, 3.05) is 13.2 Å². The zero-order chi connectivity index (χ0) is 14.0. The molecule has 1 amide bonds. The summed E-state index contributed by atoms with van der Waals surface area (Å²) in [5.41, 5.74) is 2.22. The Morgan fingerprint density at radius 3 is 2.95 bits per heavy atom. The third kappa shape index (κ3) is 2.73. The number of nitrogens with one attached hydrogen (secondary N) is 1. The van der Waals surface area contributed by atoms with Crippen LogP contribution in [0.4, 0.5) is 0 Å². The lowest BCUT2D eigenvalue weighted by Gasteiger charge is -2.10. The second-order valence-corrected chi connectivity index (χ2v) is 4.76. The van der Waals surface area contributed by atoms with Crippen LogP contribution in [-0.2, 0) is 0 Å². The van der Waals surface area contributed by atoms with Gasteiger partial charge in [-0.2, -0.15) is 0 Å². The number of pyridine rings is 1. The van der Waals surface area contributed by atoms with Crippen LogP contribution in [0, 0.1) is 19.8 Å². The number of amides is 1. The summed E-state index contributed by atoms with van der Waals surface area (Å²) in [5, 5.41) is 16.2. The monoisotopic (exact) mass is 263 g/mol. The third-order valence-electron chi connectivity index (χ3n) is 2.91. The number of rotatable bonds is 4. The van der Waals surface area contributed by atoms with Crippen molar-refractivity contribution < 1.29 is 14.4 Å². The highest BCUT2D eigenvalue weighted by atomic mass is 16.5. The predicted molar refractivity (Wildman–Crippen MR) is 69.9 cm³/mol. The quantitative estimate of drug-likeness (QED) is 0.865. The van der Waals surface area contributed by atoms with E-state index in [4.69, 9.17) is 9.63 Å². The van der Waals surface area contributed by atoms with E-state index in [-0.39, 0.29) is 18.4 Å². The van der Waals surface area contributed by atoms with Crippen LogP contribution in [0.1, 0.15) is 28.7 Å². The summed E-state index contributed by atoms with van der Waals surface area (Å²) in [6.07, 6.45) is 0. The van der Waals surface area contributed by atoms with Gasteiger partial charge in [0.1, 0.15) is 0 Å². The number of hydrogen-bond donors (Lipinski definition) is 2. The fourth-order valence-electron chi connectivity index (χ4n) is 1.82. The van der Waals surface area contributed by atoms with Crippen molar-refractivity contribution in [3.05, 3.63) is 23.0 Å². The van der Waals surface area contributed by atoms with Crippen LogP contribution in [0.2, 0.25) is 0 Å². The van der Waals surface area contributed by atoms with Gasteiger partial charge in [-0.25, -0.2) is 4.98 Å². The first-order valence-corrected chi connectivity index (χ1v) is 6.15. The average Bonchev–Trinajstić information content (AvgIpc) is 2.76. The Kier molecular flexibility index (Phi) is 3.80. The summed E-state index contributed by atoms with van der Waals surface area (Å²) < 4.78 is 5.09. The second-order valence-electron chi connectivity index (χ2n) is 4.76. The van der Waals surface area contributed by atoms with Crippen molar-refractivity contribution in [2.45, 2.75) is 20.8 Å². The van der Waals surface area contributed by atoms with Crippen molar-refractivity contribution in [1.29, 1.82) is 0 Å². The highest BCUT2D eigenvalue weighted by Crippen LogP contribution is 2.21. The number of hydrogen-bond acceptors (Lipinski definition) is 5. The summed E-state index contributed by atoms with van der Waals surface area (Å²) in [6, 6.07) is 1.71. The van der Waals surface area contributed by atoms with E-state index in [1.165, 1.54) is 0 Å². The Balaban J connectivity index is 2.33. The van der Waals surface area contributed by atoms with Crippen LogP contribution in [-0.4, -0.2) is 34.3 Å². The van der Waals surface area contributed by atoms with E-state index in [1.807, 2.05) is 6.92 Å². The number of aromatic nitrogens is 2. The van der Waals surface area contributed by atoms with Gasteiger partial charge in [-0.1, -0.05) is 12.1 Å². The number of fused-ring (bicyclic) bond motifs is 1. The molecule has 2 aromatic heterocycles. The maximum atomic E-state index is 12.2. The van der Waals surface area contributed by atoms with Gasteiger partial charge in [0.2, 0.25) is 0 Å². The van der Waals surface area contributed by atoms with Gasteiger partial charge in [0.25, 0.3) is 11.6 Å². The molecule has 0 aliphatic heterocycles. The van der Waals surface area contributed by atoms with E-state index < -0.39 is 0 Å². The van der Waals surface area contributed by atoms with E-state index in [2.05, 4.69) is 15.5 Å². The lowest BCUT2D eigenvalue weighted by molar-refractivity contribution is 0.0943. The van der Waals surface area contributed by atoms with Gasteiger partial charge in [-0.15, -0.1) is 0 Å². The lowest BCUT2D eigenvalue weighted by atomic mass is 10.1. The molecule has 0 aromatic carbocycles. The predicted octanol–water partition coefficient (Wildman–Crippen LogP) is 1.20. The molecule has 0 saturated carbocycles. The molecule has 19 heavy (non-hydrogen) atoms. The summed E-state index contributed by atoms with van der Waals surface area (Å²) in [4.78, 5) is 16.4. The molecule has 0 aliphatic rings. The van der Waals surface area contributed by atoms with Crippen LogP contribution >= 0.6 is 0 Å². The average molecular weight is 263 g/mol. The fourth-order valence-corrected chi connectivity index (χ4v) is 1.82. The first kappa shape index (κ1) is 13.5. The molecular weight excluding hydrogens is 246 g/mol. The highest BCUT2D eigenvalue weighted by molar-refractivity contribution is 6.06. The van der Waals surface area contributed by atoms with Crippen LogP contribution in [0.3, 0.4) is 0 Å². The molecule has 1 unspecified atom stereocenters. The van der Waals surface area contributed by atoms with Gasteiger partial charge >= 0.3 is 0 Å². The minimum Gasteiger partial charge on any atom is -0.396 e. The molecule has 2 N–H and O–H groups in total. The van der Waals surface area contributed by atoms with Crippen LogP contribution in [0.5, 0.6) is 0 Å². The largest absolute Gasteiger partial charge is 0.396 e. The van der Waals surface area contributed by atoms with Crippen molar-refractivity contribution in [3.8, 4) is 0 Å². The van der Waals surface area contributed by atoms with Crippen molar-refractivity contribution in [3.63, 3.8) is 0 Å². The molecule has 0 bridgehead atoms. The second kappa shape index (κ2) is 5.36. The van der Waals surface area contributed by atoms with Crippen molar-refractivity contribution in [1.82, 2.24) is 15.5 Å². The minimum absolute atomic E-state index is 0.0194. The number of aryl methyl sites for hydroxylation is 2. The normalized spacial score (nSPS) is 12.6. The van der Waals surface area contributed by atoms with Gasteiger partial charge in [0, 0.05) is 18.8 Å². The number of nitrogens with zero attached hydrogens (tertiary/aromatic N) is 2. The SMILES string of the molecule is Cc1cc(C(=O)NCC(C)CO)c2c(C)noc2n1. The van der Waals surface area contributed by atoms with Gasteiger partial charge in [0.05, 0.1) is 16.6 Å². The van der Waals surface area contributed by atoms with Crippen LogP contribution < -0.4 is 5.32 Å². The molecular formula is C13H17N3O3. The lowest BCUT2D eigenvalue weighted by Crippen LogP contribution is -2.29. The number of aliphatic hydroxyl groups is 1. The Bertz CT molecular complexity index is 606. The topological polar surface area (TPSA) is 88.2 Å². The Hall–Kier alpha value is -1.95. The molecule has 2 heterocycles. The minimum atomic E-state index is -0.206. The van der Waals surface area contributed by atoms with Gasteiger partial charge < -0.3 is 14.9 Å². The molecule has 6 nitrogen and oxygen atoms in total. The van der Waals surface area contributed by atoms with E-state index in [1.54, 1.807) is 19.9 Å². The van der Waals surface area contributed by atoms with E-state index in [0.29, 0.717) is 34.6 Å². The first-order valence-electron chi connectivity index (χ1n) is 6.15. The molecule has 6 heteroatoms. The molecule has 102 valence electrons. The highest BCUT2D eigenvalue weighted by Gasteiger charge is 2.17. The van der Waals surface area contributed by atoms with Gasteiger partial charge in [-0.3, -0.25) is 4.79 Å². The van der Waals surface area contributed by atoms with Crippen LogP contribution in [0.25, 0.3) is 11.1 Å². The smallest absolute Gasteiger partial charge is 0.258 e. The number of carbonyl (C=O) groups is 1. The molecule has 0 spiro atoms. The summed E-state index contributed by atoms with van der Waals surface area (Å²) in [5.74, 6) is -0.187. The van der Waals surface area contributed by atoms with Crippen LogP contribution in [0.15, 0.2) is 10.6 Å². The molecule has 2 aromatic rings. The maximum absolute atomic E-state index is 12.2. The summed E-state index contributed by atoms with van der Waals surface area (Å²) in [6.45, 7) is 5.89. The molecule has 1 atom stereocenters. The fraction of sp³-hybridized carbons (Fsp3) is 0.462. The van der Waals surface area contributed by atoms with E-state index in [0.717, 1.165) is 0 Å². The molecule has 2 rings (SSSR count). The van der Waals surface area contributed by atoms with E-state index in [9.17, 15) is 4.79 Å². The zero-order valence-electron chi connectivity index (χ0n) is 11.2. The Labute approximate surface area is 110 Å². The van der Waals surface area contributed by atoms with E-state index >= 15 is 0 Å². The maximum Gasteiger partial charge on any atom is 0.258 e. The van der Waals surface area contributed by atoms with Gasteiger partial charge in [-0.05, 0) is 25.8 Å². The third-order valence-corrected chi connectivity index (χ3v) is 2.91. The molecule has 0 fully saturated rings. The standard InChI is InChI=1S/C13H17N3O3/c1-7(6-17)5-14-12(18)10-4-8(2)15-13-11(10)9(3)16-19-13/h4,7,17H,5-6H2,1-3H3,(H,14,18). The molecule has 0 aliphatic carbocycles. The molecule has 0 saturated heterocycles. The Morgan fingerprint density at radius 1 is 1.53 bits per heavy atom. The summed E-state index contributed by atoms with van der Waals surface area (Å²) >= 11 is 0.